The highest BCUT2D eigenvalue weighted by atomic mass is 35.5. The minimum absolute atomic E-state index is 0.268. The number of carbonyl (C=O) groups excluding carboxylic acids is 1. The van der Waals surface area contributed by atoms with Crippen LogP contribution in [0, 0.1) is 16.7 Å². The monoisotopic (exact) mass is 264 g/mol. The van der Waals surface area contributed by atoms with E-state index in [4.69, 9.17) is 16.3 Å². The molecule has 1 aliphatic heterocycles. The molecule has 1 fully saturated rings. The molecular formula is C13H13ClN2O2. The molecule has 1 amide bonds. The fourth-order valence-electron chi connectivity index (χ4n) is 1.89. The first-order valence-corrected chi connectivity index (χ1v) is 6.10. The molecule has 1 aromatic carbocycles. The molecule has 0 atom stereocenters. The zero-order valence-corrected chi connectivity index (χ0v) is 10.5. The van der Waals surface area contributed by atoms with Crippen molar-refractivity contribution >= 4 is 23.2 Å². The van der Waals surface area contributed by atoms with Crippen molar-refractivity contribution in [2.75, 3.05) is 18.5 Å². The third kappa shape index (κ3) is 2.63. The van der Waals surface area contributed by atoms with Crippen LogP contribution in [0.2, 0.25) is 5.02 Å². The molecule has 0 unspecified atom stereocenters. The van der Waals surface area contributed by atoms with Crippen LogP contribution in [0.5, 0.6) is 0 Å². The number of rotatable bonds is 2. The number of nitriles is 1. The second kappa shape index (κ2) is 5.38. The van der Waals surface area contributed by atoms with E-state index in [0.29, 0.717) is 36.8 Å². The van der Waals surface area contributed by atoms with Gasteiger partial charge < -0.3 is 10.1 Å². The lowest BCUT2D eigenvalue weighted by Crippen LogP contribution is -2.39. The summed E-state index contributed by atoms with van der Waals surface area (Å²) in [5, 5.41) is 12.6. The molecule has 5 heteroatoms. The minimum Gasteiger partial charge on any atom is -0.381 e. The molecule has 0 saturated carbocycles. The van der Waals surface area contributed by atoms with E-state index in [1.54, 1.807) is 24.3 Å². The first kappa shape index (κ1) is 12.9. The number of halogens is 1. The van der Waals surface area contributed by atoms with Crippen LogP contribution in [0.25, 0.3) is 0 Å². The quantitative estimate of drug-likeness (QED) is 0.893. The average molecular weight is 265 g/mol. The molecule has 1 aliphatic rings. The van der Waals surface area contributed by atoms with E-state index in [0.717, 1.165) is 0 Å². The largest absolute Gasteiger partial charge is 0.381 e. The Balaban J connectivity index is 2.11. The zero-order valence-electron chi connectivity index (χ0n) is 9.78. The van der Waals surface area contributed by atoms with Crippen LogP contribution in [-0.2, 0) is 9.53 Å². The van der Waals surface area contributed by atoms with Crippen molar-refractivity contribution in [1.82, 2.24) is 0 Å². The molecule has 1 saturated heterocycles. The predicted molar refractivity (Wildman–Crippen MR) is 68.2 cm³/mol. The molecule has 0 aromatic heterocycles. The van der Waals surface area contributed by atoms with Crippen molar-refractivity contribution in [3.05, 3.63) is 29.3 Å². The van der Waals surface area contributed by atoms with Gasteiger partial charge in [0.15, 0.2) is 0 Å². The molecular weight excluding hydrogens is 252 g/mol. The Morgan fingerprint density at radius 3 is 2.50 bits per heavy atom. The first-order valence-electron chi connectivity index (χ1n) is 5.72. The standard InChI is InChI=1S/C13H13ClN2O2/c14-10-1-3-11(4-2-10)16-12(17)13(9-15)5-7-18-8-6-13/h1-4H,5-8H2,(H,16,17). The van der Waals surface area contributed by atoms with Gasteiger partial charge in [0.1, 0.15) is 5.41 Å². The van der Waals surface area contributed by atoms with Crippen LogP contribution in [0.15, 0.2) is 24.3 Å². The van der Waals surface area contributed by atoms with Gasteiger partial charge in [0.2, 0.25) is 5.91 Å². The van der Waals surface area contributed by atoms with Crippen molar-refractivity contribution in [2.45, 2.75) is 12.8 Å². The van der Waals surface area contributed by atoms with Crippen LogP contribution in [-0.4, -0.2) is 19.1 Å². The summed E-state index contributed by atoms with van der Waals surface area (Å²) in [4.78, 5) is 12.2. The second-order valence-electron chi connectivity index (χ2n) is 4.27. The minimum atomic E-state index is -0.974. The summed E-state index contributed by atoms with van der Waals surface area (Å²) >= 11 is 5.77. The molecule has 18 heavy (non-hydrogen) atoms. The van der Waals surface area contributed by atoms with Crippen molar-refractivity contribution in [2.24, 2.45) is 5.41 Å². The molecule has 94 valence electrons. The van der Waals surface area contributed by atoms with Crippen LogP contribution in [0.1, 0.15) is 12.8 Å². The van der Waals surface area contributed by atoms with Crippen molar-refractivity contribution in [3.8, 4) is 6.07 Å². The van der Waals surface area contributed by atoms with E-state index in [9.17, 15) is 10.1 Å². The summed E-state index contributed by atoms with van der Waals surface area (Å²) in [6.07, 6.45) is 0.867. The van der Waals surface area contributed by atoms with E-state index in [2.05, 4.69) is 11.4 Å². The SMILES string of the molecule is N#CC1(C(=O)Nc2ccc(Cl)cc2)CCOCC1. The number of benzene rings is 1. The Labute approximate surface area is 111 Å². The summed E-state index contributed by atoms with van der Waals surface area (Å²) in [6.45, 7) is 0.892. The smallest absolute Gasteiger partial charge is 0.245 e. The Morgan fingerprint density at radius 2 is 1.94 bits per heavy atom. The number of ether oxygens (including phenoxy) is 1. The van der Waals surface area contributed by atoms with Crippen molar-refractivity contribution < 1.29 is 9.53 Å². The van der Waals surface area contributed by atoms with Crippen LogP contribution in [0.3, 0.4) is 0 Å². The summed E-state index contributed by atoms with van der Waals surface area (Å²) in [5.74, 6) is -0.268. The van der Waals surface area contributed by atoms with Crippen LogP contribution >= 0.6 is 11.6 Å². The van der Waals surface area contributed by atoms with Gasteiger partial charge in [0, 0.05) is 23.9 Å². The van der Waals surface area contributed by atoms with Gasteiger partial charge in [0.25, 0.3) is 0 Å². The van der Waals surface area contributed by atoms with E-state index < -0.39 is 5.41 Å². The highest BCUT2D eigenvalue weighted by Crippen LogP contribution is 2.31. The van der Waals surface area contributed by atoms with E-state index in [1.807, 2.05) is 0 Å². The summed E-state index contributed by atoms with van der Waals surface area (Å²) < 4.78 is 5.19. The lowest BCUT2D eigenvalue weighted by Gasteiger charge is -2.29. The summed E-state index contributed by atoms with van der Waals surface area (Å²) in [6, 6.07) is 8.95. The van der Waals surface area contributed by atoms with Gasteiger partial charge >= 0.3 is 0 Å². The topological polar surface area (TPSA) is 62.1 Å². The highest BCUT2D eigenvalue weighted by Gasteiger charge is 2.40. The van der Waals surface area contributed by atoms with E-state index in [-0.39, 0.29) is 5.91 Å². The first-order chi connectivity index (χ1) is 8.66. The van der Waals surface area contributed by atoms with Gasteiger partial charge in [-0.2, -0.15) is 5.26 Å². The van der Waals surface area contributed by atoms with Gasteiger partial charge in [-0.05, 0) is 37.1 Å². The predicted octanol–water partition coefficient (Wildman–Crippen LogP) is 2.60. The number of nitrogens with zero attached hydrogens (tertiary/aromatic N) is 1. The molecule has 1 heterocycles. The number of amides is 1. The van der Waals surface area contributed by atoms with Crippen LogP contribution in [0.4, 0.5) is 5.69 Å². The van der Waals surface area contributed by atoms with Crippen molar-refractivity contribution in [3.63, 3.8) is 0 Å². The third-order valence-electron chi connectivity index (χ3n) is 3.10. The molecule has 0 radical (unpaired) electrons. The fraction of sp³-hybridized carbons (Fsp3) is 0.385. The molecule has 1 aromatic rings. The fourth-order valence-corrected chi connectivity index (χ4v) is 2.02. The molecule has 0 aliphatic carbocycles. The Morgan fingerprint density at radius 1 is 1.33 bits per heavy atom. The maximum atomic E-state index is 12.2. The number of hydrogen-bond acceptors (Lipinski definition) is 3. The lowest BCUT2D eigenvalue weighted by molar-refractivity contribution is -0.126. The van der Waals surface area contributed by atoms with Gasteiger partial charge in [-0.1, -0.05) is 11.6 Å². The maximum absolute atomic E-state index is 12.2. The van der Waals surface area contributed by atoms with Gasteiger partial charge in [0.05, 0.1) is 6.07 Å². The van der Waals surface area contributed by atoms with Crippen molar-refractivity contribution in [1.29, 1.82) is 5.26 Å². The summed E-state index contributed by atoms with van der Waals surface area (Å²) in [5.41, 5.74) is -0.330. The molecule has 4 nitrogen and oxygen atoms in total. The lowest BCUT2D eigenvalue weighted by atomic mass is 9.81. The Kier molecular flexibility index (Phi) is 3.85. The summed E-state index contributed by atoms with van der Waals surface area (Å²) in [7, 11) is 0. The average Bonchev–Trinajstić information content (AvgIpc) is 2.42. The normalized spacial score (nSPS) is 17.8. The van der Waals surface area contributed by atoms with Gasteiger partial charge in [-0.25, -0.2) is 0 Å². The number of nitrogens with one attached hydrogen (secondary N) is 1. The number of carbonyl (C=O) groups is 1. The third-order valence-corrected chi connectivity index (χ3v) is 3.35. The van der Waals surface area contributed by atoms with Crippen LogP contribution < -0.4 is 5.32 Å². The van der Waals surface area contributed by atoms with Gasteiger partial charge in [-0.15, -0.1) is 0 Å². The maximum Gasteiger partial charge on any atom is 0.245 e. The second-order valence-corrected chi connectivity index (χ2v) is 4.70. The van der Waals surface area contributed by atoms with E-state index >= 15 is 0 Å². The molecule has 0 bridgehead atoms. The van der Waals surface area contributed by atoms with E-state index in [1.165, 1.54) is 0 Å². The van der Waals surface area contributed by atoms with Gasteiger partial charge in [-0.3, -0.25) is 4.79 Å². The number of hydrogen-bond donors (Lipinski definition) is 1. The molecule has 2 rings (SSSR count). The zero-order chi connectivity index (χ0) is 13.0. The Hall–Kier alpha value is -1.57. The number of anilines is 1. The Bertz CT molecular complexity index is 473. The molecule has 1 N–H and O–H groups in total. The molecule has 0 spiro atoms. The highest BCUT2D eigenvalue weighted by molar-refractivity contribution is 6.30.